The van der Waals surface area contributed by atoms with E-state index in [1.807, 2.05) is 28.7 Å². The predicted octanol–water partition coefficient (Wildman–Crippen LogP) is 1.62. The maximum Gasteiger partial charge on any atom is 0.328 e. The van der Waals surface area contributed by atoms with Gasteiger partial charge < -0.3 is 15.5 Å². The SMILES string of the molecule is CC(O)C(NC(=O)c1cc(I)ccc1Br)C(=O)O. The highest BCUT2D eigenvalue weighted by Gasteiger charge is 2.26. The summed E-state index contributed by atoms with van der Waals surface area (Å²) in [5.41, 5.74) is 0.328. The quantitative estimate of drug-likeness (QED) is 0.637. The van der Waals surface area contributed by atoms with Gasteiger partial charge in [-0.2, -0.15) is 0 Å². The molecule has 0 aliphatic heterocycles. The van der Waals surface area contributed by atoms with Crippen LogP contribution in [0, 0.1) is 3.57 Å². The van der Waals surface area contributed by atoms with Gasteiger partial charge in [-0.3, -0.25) is 4.79 Å². The molecule has 5 nitrogen and oxygen atoms in total. The summed E-state index contributed by atoms with van der Waals surface area (Å²) in [5.74, 6) is -1.83. The molecule has 0 spiro atoms. The van der Waals surface area contributed by atoms with E-state index in [4.69, 9.17) is 5.11 Å². The van der Waals surface area contributed by atoms with Gasteiger partial charge in [0, 0.05) is 8.04 Å². The second-order valence-corrected chi connectivity index (χ2v) is 5.75. The van der Waals surface area contributed by atoms with Crippen LogP contribution in [0.3, 0.4) is 0 Å². The topological polar surface area (TPSA) is 86.6 Å². The van der Waals surface area contributed by atoms with Crippen LogP contribution in [0.5, 0.6) is 0 Å². The number of halogens is 2. The molecular weight excluding hydrogens is 417 g/mol. The van der Waals surface area contributed by atoms with E-state index in [2.05, 4.69) is 21.2 Å². The van der Waals surface area contributed by atoms with Crippen molar-refractivity contribution in [3.63, 3.8) is 0 Å². The van der Waals surface area contributed by atoms with Crippen LogP contribution < -0.4 is 5.32 Å². The van der Waals surface area contributed by atoms with Crippen LogP contribution >= 0.6 is 38.5 Å². The van der Waals surface area contributed by atoms with Gasteiger partial charge in [0.15, 0.2) is 6.04 Å². The van der Waals surface area contributed by atoms with E-state index in [-0.39, 0.29) is 0 Å². The zero-order chi connectivity index (χ0) is 13.9. The fraction of sp³-hybridized carbons (Fsp3) is 0.273. The van der Waals surface area contributed by atoms with Gasteiger partial charge in [0.25, 0.3) is 5.91 Å². The van der Waals surface area contributed by atoms with Crippen molar-refractivity contribution in [1.29, 1.82) is 0 Å². The third-order valence-corrected chi connectivity index (χ3v) is 3.57. The van der Waals surface area contributed by atoms with E-state index < -0.39 is 24.0 Å². The molecule has 0 fully saturated rings. The number of aliphatic carboxylic acids is 1. The first kappa shape index (κ1) is 15.4. The summed E-state index contributed by atoms with van der Waals surface area (Å²) in [7, 11) is 0. The van der Waals surface area contributed by atoms with Gasteiger partial charge in [0.1, 0.15) is 0 Å². The number of aliphatic hydroxyl groups excluding tert-OH is 1. The van der Waals surface area contributed by atoms with Gasteiger partial charge in [-0.1, -0.05) is 0 Å². The summed E-state index contributed by atoms with van der Waals surface area (Å²) in [6.07, 6.45) is -1.17. The minimum Gasteiger partial charge on any atom is -0.480 e. The van der Waals surface area contributed by atoms with E-state index in [0.29, 0.717) is 10.0 Å². The molecule has 0 aromatic heterocycles. The molecule has 0 bridgehead atoms. The normalized spacial score (nSPS) is 13.8. The Labute approximate surface area is 126 Å². The van der Waals surface area contributed by atoms with Gasteiger partial charge >= 0.3 is 5.97 Å². The highest BCUT2D eigenvalue weighted by molar-refractivity contribution is 14.1. The van der Waals surface area contributed by atoms with E-state index in [1.54, 1.807) is 12.1 Å². The molecule has 0 aliphatic carbocycles. The van der Waals surface area contributed by atoms with Gasteiger partial charge in [0.05, 0.1) is 11.7 Å². The summed E-state index contributed by atoms with van der Waals surface area (Å²) in [6, 6.07) is 3.81. The molecule has 1 aromatic carbocycles. The monoisotopic (exact) mass is 427 g/mol. The molecular formula is C11H11BrINO4. The standard InChI is InChI=1S/C11H11BrINO4/c1-5(15)9(11(17)18)14-10(16)7-4-6(13)2-3-8(7)12/h2-5,9,15H,1H3,(H,14,16)(H,17,18). The molecule has 2 unspecified atom stereocenters. The van der Waals surface area contributed by atoms with Crippen LogP contribution in [0.2, 0.25) is 0 Å². The summed E-state index contributed by atoms with van der Waals surface area (Å²) in [6.45, 7) is 1.31. The molecule has 3 N–H and O–H groups in total. The third kappa shape index (κ3) is 3.92. The van der Waals surface area contributed by atoms with Crippen molar-refractivity contribution in [1.82, 2.24) is 5.32 Å². The zero-order valence-electron chi connectivity index (χ0n) is 9.35. The predicted molar refractivity (Wildman–Crippen MR) is 77.4 cm³/mol. The highest BCUT2D eigenvalue weighted by atomic mass is 127. The number of carbonyl (C=O) groups is 2. The Bertz CT molecular complexity index is 478. The van der Waals surface area contributed by atoms with Crippen molar-refractivity contribution in [3.05, 3.63) is 31.8 Å². The summed E-state index contributed by atoms with van der Waals surface area (Å²) >= 11 is 5.27. The summed E-state index contributed by atoms with van der Waals surface area (Å²) in [4.78, 5) is 22.8. The van der Waals surface area contributed by atoms with E-state index in [9.17, 15) is 14.7 Å². The van der Waals surface area contributed by atoms with Crippen LogP contribution in [-0.2, 0) is 4.79 Å². The Morgan fingerprint density at radius 3 is 2.56 bits per heavy atom. The molecule has 7 heteroatoms. The van der Waals surface area contributed by atoms with Gasteiger partial charge in [-0.05, 0) is 63.6 Å². The van der Waals surface area contributed by atoms with Crippen molar-refractivity contribution in [3.8, 4) is 0 Å². The Morgan fingerprint density at radius 2 is 2.06 bits per heavy atom. The van der Waals surface area contributed by atoms with Crippen LogP contribution in [0.25, 0.3) is 0 Å². The fourth-order valence-electron chi connectivity index (χ4n) is 1.28. The number of rotatable bonds is 4. The number of hydrogen-bond acceptors (Lipinski definition) is 3. The number of carboxylic acid groups (broad SMARTS) is 1. The Balaban J connectivity index is 2.94. The molecule has 1 rings (SSSR count). The number of carboxylic acids is 1. The third-order valence-electron chi connectivity index (χ3n) is 2.21. The van der Waals surface area contributed by atoms with E-state index in [0.717, 1.165) is 3.57 Å². The smallest absolute Gasteiger partial charge is 0.328 e. The largest absolute Gasteiger partial charge is 0.480 e. The van der Waals surface area contributed by atoms with Crippen molar-refractivity contribution >= 4 is 50.4 Å². The maximum absolute atomic E-state index is 11.9. The first-order chi connectivity index (χ1) is 8.32. The average Bonchev–Trinajstić information content (AvgIpc) is 2.28. The van der Waals surface area contributed by atoms with Crippen LogP contribution in [-0.4, -0.2) is 34.2 Å². The molecule has 98 valence electrons. The van der Waals surface area contributed by atoms with E-state index >= 15 is 0 Å². The van der Waals surface area contributed by atoms with Crippen molar-refractivity contribution in [2.75, 3.05) is 0 Å². The lowest BCUT2D eigenvalue weighted by molar-refractivity contribution is -0.141. The van der Waals surface area contributed by atoms with Crippen molar-refractivity contribution in [2.24, 2.45) is 0 Å². The van der Waals surface area contributed by atoms with Crippen molar-refractivity contribution in [2.45, 2.75) is 19.1 Å². The number of carbonyl (C=O) groups excluding carboxylic acids is 1. The molecule has 18 heavy (non-hydrogen) atoms. The van der Waals surface area contributed by atoms with Gasteiger partial charge in [-0.15, -0.1) is 0 Å². The average molecular weight is 428 g/mol. The Hall–Kier alpha value is -0.670. The molecule has 0 saturated carbocycles. The lowest BCUT2D eigenvalue weighted by Crippen LogP contribution is -2.47. The number of amides is 1. The molecule has 0 aliphatic rings. The first-order valence-electron chi connectivity index (χ1n) is 4.99. The molecule has 1 amide bonds. The summed E-state index contributed by atoms with van der Waals surface area (Å²) in [5, 5.41) is 20.4. The summed E-state index contributed by atoms with van der Waals surface area (Å²) < 4.78 is 1.42. The molecule has 0 heterocycles. The zero-order valence-corrected chi connectivity index (χ0v) is 13.1. The number of benzene rings is 1. The minimum absolute atomic E-state index is 0.328. The van der Waals surface area contributed by atoms with Crippen LogP contribution in [0.1, 0.15) is 17.3 Å². The highest BCUT2D eigenvalue weighted by Crippen LogP contribution is 2.19. The van der Waals surface area contributed by atoms with Crippen molar-refractivity contribution < 1.29 is 19.8 Å². The number of nitrogens with one attached hydrogen (secondary N) is 1. The number of hydrogen-bond donors (Lipinski definition) is 3. The number of aliphatic hydroxyl groups is 1. The molecule has 0 saturated heterocycles. The van der Waals surface area contributed by atoms with E-state index in [1.165, 1.54) is 6.92 Å². The first-order valence-corrected chi connectivity index (χ1v) is 6.87. The molecule has 0 radical (unpaired) electrons. The molecule has 2 atom stereocenters. The Kier molecular flexibility index (Phi) is 5.54. The van der Waals surface area contributed by atoms with Gasteiger partial charge in [0.2, 0.25) is 0 Å². The Morgan fingerprint density at radius 1 is 1.44 bits per heavy atom. The minimum atomic E-state index is -1.33. The fourth-order valence-corrected chi connectivity index (χ4v) is 2.20. The molecule has 1 aromatic rings. The maximum atomic E-state index is 11.9. The van der Waals surface area contributed by atoms with Crippen LogP contribution in [0.15, 0.2) is 22.7 Å². The van der Waals surface area contributed by atoms with Crippen LogP contribution in [0.4, 0.5) is 0 Å². The second kappa shape index (κ2) is 6.48. The lowest BCUT2D eigenvalue weighted by atomic mass is 10.1. The van der Waals surface area contributed by atoms with Gasteiger partial charge in [-0.25, -0.2) is 4.79 Å². The second-order valence-electron chi connectivity index (χ2n) is 3.65. The lowest BCUT2D eigenvalue weighted by Gasteiger charge is -2.17.